The Morgan fingerprint density at radius 1 is 1.15 bits per heavy atom. The number of fused-ring (bicyclic) bond motifs is 1. The molecule has 2 heterocycles. The van der Waals surface area contributed by atoms with Crippen LogP contribution in [0.3, 0.4) is 0 Å². The number of thioether (sulfide) groups is 1. The number of hydrogen-bond acceptors (Lipinski definition) is 7. The van der Waals surface area contributed by atoms with Gasteiger partial charge in [-0.2, -0.15) is 0 Å². The number of cyclic esters (lactones) is 1. The Labute approximate surface area is 248 Å². The second-order valence-corrected chi connectivity index (χ2v) is 12.6. The third-order valence-corrected chi connectivity index (χ3v) is 9.62. The number of imidazole rings is 1. The molecule has 0 amide bonds. The van der Waals surface area contributed by atoms with Crippen molar-refractivity contribution in [1.29, 1.82) is 0 Å². The second-order valence-electron chi connectivity index (χ2n) is 10.8. The number of aliphatic hydroxyl groups is 1. The van der Waals surface area contributed by atoms with E-state index in [9.17, 15) is 9.90 Å². The maximum Gasteiger partial charge on any atom is 0.349 e. The van der Waals surface area contributed by atoms with E-state index in [-0.39, 0.29) is 29.0 Å². The van der Waals surface area contributed by atoms with E-state index in [0.29, 0.717) is 39.5 Å². The maximum absolute atomic E-state index is 13.6. The molecule has 10 heteroatoms. The summed E-state index contributed by atoms with van der Waals surface area (Å²) in [6, 6.07) is 9.25. The van der Waals surface area contributed by atoms with Gasteiger partial charge in [0.2, 0.25) is 0 Å². The van der Waals surface area contributed by atoms with Gasteiger partial charge in [-0.25, -0.2) is 9.78 Å². The average molecular weight is 606 g/mol. The van der Waals surface area contributed by atoms with Gasteiger partial charge in [-0.05, 0) is 87.0 Å². The lowest BCUT2D eigenvalue weighted by molar-refractivity contribution is -0.166. The zero-order valence-corrected chi connectivity index (χ0v) is 25.5. The standard InChI is InChI=1S/C30H34Cl2N2O5S/c1-17(2)34-23-10-9-20(31)14-22(23)33-29(34)40-27-24(35)16-30(39-28(27)36,19-7-5-6-8-19)12-11-18-13-21(32)26(38-4)15-25(18)37-3/h9-10,13-15,17,19,35H,5-8,11-12,16H2,1-4H3. The van der Waals surface area contributed by atoms with E-state index in [2.05, 4.69) is 13.8 Å². The SMILES string of the molecule is COc1cc(OC)c(CCC2(C3CCCC3)CC(O)=C(Sc3nc4cc(Cl)ccc4n3C(C)C)C(=O)O2)cc1Cl. The molecule has 7 nitrogen and oxygen atoms in total. The van der Waals surface area contributed by atoms with Gasteiger partial charge in [-0.3, -0.25) is 0 Å². The van der Waals surface area contributed by atoms with Crippen LogP contribution in [0.2, 0.25) is 10.0 Å². The summed E-state index contributed by atoms with van der Waals surface area (Å²) in [6.45, 7) is 4.11. The Morgan fingerprint density at radius 3 is 2.52 bits per heavy atom. The van der Waals surface area contributed by atoms with E-state index < -0.39 is 11.6 Å². The molecule has 0 spiro atoms. The number of methoxy groups -OCH3 is 2. The lowest BCUT2D eigenvalue weighted by atomic mass is 9.77. The summed E-state index contributed by atoms with van der Waals surface area (Å²) >= 11 is 13.8. The van der Waals surface area contributed by atoms with Gasteiger partial charge in [-0.15, -0.1) is 0 Å². The minimum Gasteiger partial charge on any atom is -0.511 e. The van der Waals surface area contributed by atoms with Crippen molar-refractivity contribution in [1.82, 2.24) is 9.55 Å². The molecular formula is C30H34Cl2N2O5S. The number of nitrogens with zero attached hydrogens (tertiary/aromatic N) is 2. The van der Waals surface area contributed by atoms with E-state index in [4.69, 9.17) is 42.4 Å². The molecule has 1 aliphatic carbocycles. The Bertz CT molecular complexity index is 1460. The molecule has 5 rings (SSSR count). The highest BCUT2D eigenvalue weighted by Crippen LogP contribution is 2.48. The van der Waals surface area contributed by atoms with Crippen molar-refractivity contribution < 1.29 is 24.1 Å². The molecular weight excluding hydrogens is 571 g/mol. The minimum absolute atomic E-state index is 0.0493. The zero-order valence-electron chi connectivity index (χ0n) is 23.1. The molecule has 1 aliphatic heterocycles. The molecule has 1 saturated carbocycles. The summed E-state index contributed by atoms with van der Waals surface area (Å²) in [4.78, 5) is 18.5. The van der Waals surface area contributed by atoms with Crippen LogP contribution in [0.15, 0.2) is 46.2 Å². The molecule has 1 aromatic heterocycles. The number of esters is 1. The second kappa shape index (κ2) is 11.7. The van der Waals surface area contributed by atoms with Gasteiger partial charge in [0.05, 0.1) is 30.3 Å². The van der Waals surface area contributed by atoms with Crippen molar-refractivity contribution in [2.45, 2.75) is 75.6 Å². The highest BCUT2D eigenvalue weighted by atomic mass is 35.5. The van der Waals surface area contributed by atoms with Crippen LogP contribution >= 0.6 is 35.0 Å². The van der Waals surface area contributed by atoms with Crippen LogP contribution in [0, 0.1) is 5.92 Å². The molecule has 1 fully saturated rings. The number of benzene rings is 2. The molecule has 0 radical (unpaired) electrons. The Morgan fingerprint density at radius 2 is 1.88 bits per heavy atom. The van der Waals surface area contributed by atoms with Crippen LogP contribution in [-0.4, -0.2) is 40.4 Å². The van der Waals surface area contributed by atoms with Crippen molar-refractivity contribution in [2.24, 2.45) is 5.92 Å². The van der Waals surface area contributed by atoms with Crippen LogP contribution in [0.5, 0.6) is 11.5 Å². The highest BCUT2D eigenvalue weighted by Gasteiger charge is 2.48. The van der Waals surface area contributed by atoms with E-state index in [1.54, 1.807) is 26.4 Å². The number of carbonyl (C=O) groups excluding carboxylic acids is 1. The van der Waals surface area contributed by atoms with Gasteiger partial charge < -0.3 is 23.9 Å². The summed E-state index contributed by atoms with van der Waals surface area (Å²) in [7, 11) is 3.17. The fourth-order valence-electron chi connectivity index (χ4n) is 6.05. The monoisotopic (exact) mass is 604 g/mol. The maximum atomic E-state index is 13.6. The summed E-state index contributed by atoms with van der Waals surface area (Å²) in [6.07, 6.45) is 5.42. The average Bonchev–Trinajstić information content (AvgIpc) is 3.58. The zero-order chi connectivity index (χ0) is 28.6. The van der Waals surface area contributed by atoms with E-state index in [1.165, 1.54) is 0 Å². The van der Waals surface area contributed by atoms with Gasteiger partial charge in [-0.1, -0.05) is 36.0 Å². The Kier molecular flexibility index (Phi) is 8.50. The first-order chi connectivity index (χ1) is 19.2. The predicted molar refractivity (Wildman–Crippen MR) is 159 cm³/mol. The number of aromatic nitrogens is 2. The summed E-state index contributed by atoms with van der Waals surface area (Å²) in [5.74, 6) is 0.892. The van der Waals surface area contributed by atoms with E-state index in [1.807, 2.05) is 22.8 Å². The van der Waals surface area contributed by atoms with Crippen molar-refractivity contribution in [3.63, 3.8) is 0 Å². The first-order valence-electron chi connectivity index (χ1n) is 13.6. The Hall–Kier alpha value is -2.55. The van der Waals surface area contributed by atoms with Crippen LogP contribution in [0.25, 0.3) is 11.0 Å². The molecule has 40 heavy (non-hydrogen) atoms. The predicted octanol–water partition coefficient (Wildman–Crippen LogP) is 8.31. The van der Waals surface area contributed by atoms with E-state index in [0.717, 1.165) is 54.0 Å². The van der Waals surface area contributed by atoms with E-state index >= 15 is 0 Å². The molecule has 0 saturated heterocycles. The van der Waals surface area contributed by atoms with Crippen LogP contribution < -0.4 is 9.47 Å². The van der Waals surface area contributed by atoms with Crippen LogP contribution in [-0.2, 0) is 16.0 Å². The number of carbonyl (C=O) groups is 1. The normalized spacial score (nSPS) is 20.0. The minimum atomic E-state index is -0.815. The van der Waals surface area contributed by atoms with Gasteiger partial charge in [0.15, 0.2) is 5.16 Å². The number of hydrogen-bond donors (Lipinski definition) is 1. The molecule has 0 bridgehead atoms. The first kappa shape index (κ1) is 29.0. The highest BCUT2D eigenvalue weighted by molar-refractivity contribution is 8.03. The van der Waals surface area contributed by atoms with Crippen molar-refractivity contribution in [3.05, 3.63) is 56.6 Å². The number of ether oxygens (including phenoxy) is 3. The first-order valence-corrected chi connectivity index (χ1v) is 15.1. The number of aryl methyl sites for hydroxylation is 1. The van der Waals surface area contributed by atoms with Crippen LogP contribution in [0.4, 0.5) is 0 Å². The molecule has 214 valence electrons. The third-order valence-electron chi connectivity index (χ3n) is 8.01. The largest absolute Gasteiger partial charge is 0.511 e. The third kappa shape index (κ3) is 5.50. The van der Waals surface area contributed by atoms with Crippen molar-refractivity contribution in [2.75, 3.05) is 14.2 Å². The quantitative estimate of drug-likeness (QED) is 0.246. The summed E-state index contributed by atoms with van der Waals surface area (Å²) in [5.41, 5.74) is 1.74. The summed E-state index contributed by atoms with van der Waals surface area (Å²) < 4.78 is 19.3. The lowest BCUT2D eigenvalue weighted by Gasteiger charge is -2.41. The molecule has 1 unspecified atom stereocenters. The van der Waals surface area contributed by atoms with Gasteiger partial charge in [0.25, 0.3) is 0 Å². The molecule has 2 aromatic carbocycles. The number of rotatable bonds is 9. The Balaban J connectivity index is 1.46. The molecule has 1 atom stereocenters. The van der Waals surface area contributed by atoms with Crippen molar-refractivity contribution in [3.8, 4) is 11.5 Å². The smallest absolute Gasteiger partial charge is 0.349 e. The van der Waals surface area contributed by atoms with Crippen molar-refractivity contribution >= 4 is 52.0 Å². The number of halogens is 2. The van der Waals surface area contributed by atoms with Gasteiger partial charge >= 0.3 is 5.97 Å². The van der Waals surface area contributed by atoms with Crippen LogP contribution in [0.1, 0.15) is 64.0 Å². The number of aliphatic hydroxyl groups excluding tert-OH is 1. The summed E-state index contributed by atoms with van der Waals surface area (Å²) in [5, 5.41) is 13.1. The van der Waals surface area contributed by atoms with Gasteiger partial charge in [0.1, 0.15) is 27.8 Å². The molecule has 2 aliphatic rings. The molecule has 3 aromatic rings. The topological polar surface area (TPSA) is 82.8 Å². The fraction of sp³-hybridized carbons (Fsp3) is 0.467. The van der Waals surface area contributed by atoms with Gasteiger partial charge in [0, 0.05) is 23.6 Å². The fourth-order valence-corrected chi connectivity index (χ4v) is 7.53. The molecule has 1 N–H and O–H groups in total. The lowest BCUT2D eigenvalue weighted by Crippen LogP contribution is -2.45.